The maximum Gasteiger partial charge on any atom is 0.224 e. The highest BCUT2D eigenvalue weighted by Crippen LogP contribution is 2.24. The second-order valence-corrected chi connectivity index (χ2v) is 5.39. The van der Waals surface area contributed by atoms with Crippen molar-refractivity contribution in [3.8, 4) is 5.88 Å². The summed E-state index contributed by atoms with van der Waals surface area (Å²) in [6, 6.07) is 3.69. The van der Waals surface area contributed by atoms with Crippen LogP contribution in [0.2, 0.25) is 0 Å². The summed E-state index contributed by atoms with van der Waals surface area (Å²) < 4.78 is 17.0. The molecule has 3 heterocycles. The Kier molecular flexibility index (Phi) is 3.16. The summed E-state index contributed by atoms with van der Waals surface area (Å²) in [4.78, 5) is 4.24. The van der Waals surface area contributed by atoms with Gasteiger partial charge >= 0.3 is 0 Å². The molecule has 0 aromatic carbocycles. The molecule has 0 saturated carbocycles. The first-order valence-electron chi connectivity index (χ1n) is 6.48. The van der Waals surface area contributed by atoms with Crippen LogP contribution < -0.4 is 10.1 Å². The number of aromatic nitrogens is 1. The Balaban J connectivity index is 1.67. The van der Waals surface area contributed by atoms with Gasteiger partial charge in [-0.1, -0.05) is 0 Å². The summed E-state index contributed by atoms with van der Waals surface area (Å²) in [5, 5.41) is 4.24. The van der Waals surface area contributed by atoms with E-state index >= 15 is 0 Å². The van der Waals surface area contributed by atoms with Crippen LogP contribution in [0.15, 0.2) is 29.0 Å². The van der Waals surface area contributed by atoms with E-state index in [-0.39, 0.29) is 11.7 Å². The molecule has 1 aliphatic rings. The number of hydrogen-bond donors (Lipinski definition) is 1. The third-order valence-electron chi connectivity index (χ3n) is 3.16. The van der Waals surface area contributed by atoms with E-state index in [0.717, 1.165) is 24.1 Å². The molecule has 1 unspecified atom stereocenters. The van der Waals surface area contributed by atoms with Crippen LogP contribution in [-0.2, 0) is 4.74 Å². The first-order chi connectivity index (χ1) is 9.14. The second-order valence-electron chi connectivity index (χ2n) is 5.39. The minimum Gasteiger partial charge on any atom is -0.474 e. The molecule has 3 rings (SSSR count). The van der Waals surface area contributed by atoms with Crippen LogP contribution in [0.3, 0.4) is 0 Å². The normalized spacial score (nSPS) is 22.5. The predicted molar refractivity (Wildman–Crippen MR) is 71.3 cm³/mol. The van der Waals surface area contributed by atoms with Crippen molar-refractivity contribution >= 4 is 11.0 Å². The number of furan rings is 1. The average Bonchev–Trinajstić information content (AvgIpc) is 2.84. The maximum atomic E-state index is 5.95. The van der Waals surface area contributed by atoms with Crippen molar-refractivity contribution in [3.63, 3.8) is 0 Å². The number of hydrogen-bond acceptors (Lipinski definition) is 5. The van der Waals surface area contributed by atoms with Crippen LogP contribution in [0.25, 0.3) is 11.0 Å². The van der Waals surface area contributed by atoms with Gasteiger partial charge in [-0.15, -0.1) is 0 Å². The zero-order valence-corrected chi connectivity index (χ0v) is 11.2. The molecule has 1 N–H and O–H groups in total. The quantitative estimate of drug-likeness (QED) is 0.916. The number of nitrogens with zero attached hydrogens (tertiary/aromatic N) is 1. The van der Waals surface area contributed by atoms with Crippen molar-refractivity contribution in [2.45, 2.75) is 25.6 Å². The molecule has 0 amide bonds. The molecule has 0 spiro atoms. The lowest BCUT2D eigenvalue weighted by atomic mass is 10.1. The van der Waals surface area contributed by atoms with Gasteiger partial charge in [0.2, 0.25) is 5.88 Å². The number of morpholine rings is 1. The summed E-state index contributed by atoms with van der Waals surface area (Å²) in [6.45, 7) is 6.28. The number of nitrogens with one attached hydrogen (secondary N) is 1. The molecule has 0 aliphatic carbocycles. The SMILES string of the molecule is CC1(C)CNCC(COc2nccc3occc23)O1. The lowest BCUT2D eigenvalue weighted by Crippen LogP contribution is -2.52. The third kappa shape index (κ3) is 2.72. The molecule has 5 nitrogen and oxygen atoms in total. The van der Waals surface area contributed by atoms with Gasteiger partial charge in [0.1, 0.15) is 18.3 Å². The van der Waals surface area contributed by atoms with Crippen molar-refractivity contribution in [1.29, 1.82) is 0 Å². The van der Waals surface area contributed by atoms with Crippen LogP contribution in [0.5, 0.6) is 5.88 Å². The molecule has 2 aromatic heterocycles. The maximum absolute atomic E-state index is 5.95. The molecular weight excluding hydrogens is 244 g/mol. The summed E-state index contributed by atoms with van der Waals surface area (Å²) in [5.41, 5.74) is 0.634. The van der Waals surface area contributed by atoms with Crippen molar-refractivity contribution in [3.05, 3.63) is 24.6 Å². The summed E-state index contributed by atoms with van der Waals surface area (Å²) in [5.74, 6) is 0.596. The van der Waals surface area contributed by atoms with Gasteiger partial charge in [0.05, 0.1) is 17.3 Å². The monoisotopic (exact) mass is 262 g/mol. The fraction of sp³-hybridized carbons (Fsp3) is 0.500. The number of fused-ring (bicyclic) bond motifs is 1. The highest BCUT2D eigenvalue weighted by molar-refractivity contribution is 5.81. The van der Waals surface area contributed by atoms with Gasteiger partial charge in [0.15, 0.2) is 0 Å². The zero-order valence-electron chi connectivity index (χ0n) is 11.2. The molecule has 5 heteroatoms. The Morgan fingerprint density at radius 1 is 1.47 bits per heavy atom. The fourth-order valence-corrected chi connectivity index (χ4v) is 2.32. The van der Waals surface area contributed by atoms with Gasteiger partial charge in [-0.25, -0.2) is 4.98 Å². The minimum atomic E-state index is -0.151. The highest BCUT2D eigenvalue weighted by atomic mass is 16.6. The van der Waals surface area contributed by atoms with E-state index in [1.165, 1.54) is 0 Å². The van der Waals surface area contributed by atoms with Crippen molar-refractivity contribution < 1.29 is 13.9 Å². The van der Waals surface area contributed by atoms with Crippen LogP contribution in [0, 0.1) is 0 Å². The second kappa shape index (κ2) is 4.83. The number of rotatable bonds is 3. The molecule has 1 fully saturated rings. The molecule has 0 bridgehead atoms. The van der Waals surface area contributed by atoms with Crippen LogP contribution in [-0.4, -0.2) is 36.4 Å². The van der Waals surface area contributed by atoms with E-state index in [1.807, 2.05) is 12.1 Å². The van der Waals surface area contributed by atoms with Crippen LogP contribution in [0.1, 0.15) is 13.8 Å². The van der Waals surface area contributed by atoms with Crippen LogP contribution >= 0.6 is 0 Å². The average molecular weight is 262 g/mol. The first kappa shape index (κ1) is 12.4. The minimum absolute atomic E-state index is 0.0349. The van der Waals surface area contributed by atoms with Gasteiger partial charge in [0.25, 0.3) is 0 Å². The number of pyridine rings is 1. The van der Waals surface area contributed by atoms with E-state index < -0.39 is 0 Å². The molecular formula is C14H18N2O3. The van der Waals surface area contributed by atoms with Gasteiger partial charge in [-0.2, -0.15) is 0 Å². The Bertz CT molecular complexity index is 565. The van der Waals surface area contributed by atoms with E-state index in [0.29, 0.717) is 12.5 Å². The molecule has 1 atom stereocenters. The van der Waals surface area contributed by atoms with Crippen molar-refractivity contribution in [1.82, 2.24) is 10.3 Å². The van der Waals surface area contributed by atoms with E-state index in [4.69, 9.17) is 13.9 Å². The summed E-state index contributed by atoms with van der Waals surface area (Å²) >= 11 is 0. The summed E-state index contributed by atoms with van der Waals surface area (Å²) in [7, 11) is 0. The Hall–Kier alpha value is -1.59. The molecule has 1 saturated heterocycles. The van der Waals surface area contributed by atoms with Crippen molar-refractivity contribution in [2.75, 3.05) is 19.7 Å². The van der Waals surface area contributed by atoms with E-state index in [1.54, 1.807) is 12.5 Å². The standard InChI is InChI=1S/C14H18N2O3/c1-14(2)9-15-7-10(19-14)8-18-13-11-4-6-17-12(11)3-5-16-13/h3-6,10,15H,7-9H2,1-2H3. The molecule has 19 heavy (non-hydrogen) atoms. The molecule has 102 valence electrons. The number of ether oxygens (including phenoxy) is 2. The first-order valence-corrected chi connectivity index (χ1v) is 6.48. The highest BCUT2D eigenvalue weighted by Gasteiger charge is 2.28. The topological polar surface area (TPSA) is 56.5 Å². The molecule has 0 radical (unpaired) electrons. The van der Waals surface area contributed by atoms with E-state index in [9.17, 15) is 0 Å². The lowest BCUT2D eigenvalue weighted by molar-refractivity contribution is -0.107. The third-order valence-corrected chi connectivity index (χ3v) is 3.16. The van der Waals surface area contributed by atoms with Gasteiger partial charge in [-0.05, 0) is 26.0 Å². The summed E-state index contributed by atoms with van der Waals surface area (Å²) in [6.07, 6.45) is 3.36. The largest absolute Gasteiger partial charge is 0.474 e. The zero-order chi connectivity index (χ0) is 13.3. The predicted octanol–water partition coefficient (Wildman–Crippen LogP) is 1.97. The van der Waals surface area contributed by atoms with Gasteiger partial charge in [-0.3, -0.25) is 0 Å². The molecule has 1 aliphatic heterocycles. The van der Waals surface area contributed by atoms with Crippen LogP contribution in [0.4, 0.5) is 0 Å². The van der Waals surface area contributed by atoms with E-state index in [2.05, 4.69) is 24.1 Å². The Morgan fingerprint density at radius 2 is 2.37 bits per heavy atom. The smallest absolute Gasteiger partial charge is 0.224 e. The Labute approximate surface area is 111 Å². The van der Waals surface area contributed by atoms with Gasteiger partial charge < -0.3 is 19.2 Å². The fourth-order valence-electron chi connectivity index (χ4n) is 2.32. The van der Waals surface area contributed by atoms with Crippen molar-refractivity contribution in [2.24, 2.45) is 0 Å². The lowest BCUT2D eigenvalue weighted by Gasteiger charge is -2.36. The van der Waals surface area contributed by atoms with Gasteiger partial charge in [0, 0.05) is 19.3 Å². The molecule has 2 aromatic rings. The Morgan fingerprint density at radius 3 is 3.21 bits per heavy atom.